The summed E-state index contributed by atoms with van der Waals surface area (Å²) in [5, 5.41) is 5.62. The number of amides is 2. The molecule has 2 amide bonds. The van der Waals surface area contributed by atoms with Crippen LogP contribution in [0.1, 0.15) is 44.0 Å². The van der Waals surface area contributed by atoms with Gasteiger partial charge in [0.25, 0.3) is 11.8 Å². The second kappa shape index (κ2) is 9.52. The molecule has 3 N–H and O–H groups in total. The van der Waals surface area contributed by atoms with E-state index in [-0.39, 0.29) is 30.5 Å². The topological polar surface area (TPSA) is 102 Å². The van der Waals surface area contributed by atoms with Crippen LogP contribution in [0.2, 0.25) is 0 Å². The van der Waals surface area contributed by atoms with Gasteiger partial charge >= 0.3 is 5.97 Å². The fraction of sp³-hybridized carbons (Fsp3) is 0.421. The van der Waals surface area contributed by atoms with Crippen molar-refractivity contribution in [2.24, 2.45) is 0 Å². The molecule has 1 atom stereocenters. The van der Waals surface area contributed by atoms with E-state index in [1.54, 1.807) is 13.8 Å². The zero-order chi connectivity index (χ0) is 20.8. The van der Waals surface area contributed by atoms with Crippen LogP contribution in [0.5, 0.6) is 0 Å². The van der Waals surface area contributed by atoms with E-state index in [0.29, 0.717) is 22.0 Å². The molecule has 0 aliphatic heterocycles. The minimum absolute atomic E-state index is 0.175. The number of furan rings is 1. The van der Waals surface area contributed by atoms with Crippen molar-refractivity contribution < 1.29 is 28.4 Å². The fourth-order valence-electron chi connectivity index (χ4n) is 2.77. The van der Waals surface area contributed by atoms with E-state index < -0.39 is 5.97 Å². The number of aryl methyl sites for hydroxylation is 1. The number of hydrogen-bond donors (Lipinski definition) is 3. The molecule has 2 aromatic heterocycles. The number of ether oxygens (including phenoxy) is 1. The smallest absolute Gasteiger partial charge is 0.341 e. The quantitative estimate of drug-likeness (QED) is 0.569. The van der Waals surface area contributed by atoms with Gasteiger partial charge < -0.3 is 24.7 Å². The van der Waals surface area contributed by atoms with Crippen molar-refractivity contribution in [1.82, 2.24) is 5.32 Å². The van der Waals surface area contributed by atoms with Gasteiger partial charge in [-0.1, -0.05) is 0 Å². The van der Waals surface area contributed by atoms with Crippen LogP contribution in [0.3, 0.4) is 0 Å². The minimum atomic E-state index is -0.562. The molecule has 2 aromatic rings. The van der Waals surface area contributed by atoms with Crippen LogP contribution in [0.4, 0.5) is 5.00 Å². The Morgan fingerprint density at radius 2 is 1.96 bits per heavy atom. The lowest BCUT2D eigenvalue weighted by Gasteiger charge is -2.12. The molecule has 0 aliphatic carbocycles. The molecule has 0 bridgehead atoms. The molecule has 0 fully saturated rings. The Hall–Kier alpha value is -2.65. The van der Waals surface area contributed by atoms with E-state index >= 15 is 0 Å². The van der Waals surface area contributed by atoms with Gasteiger partial charge in [0, 0.05) is 7.05 Å². The van der Waals surface area contributed by atoms with E-state index in [9.17, 15) is 14.4 Å². The van der Waals surface area contributed by atoms with Crippen molar-refractivity contribution in [1.29, 1.82) is 0 Å². The van der Waals surface area contributed by atoms with Crippen molar-refractivity contribution in [3.63, 3.8) is 0 Å². The summed E-state index contributed by atoms with van der Waals surface area (Å²) in [6.45, 7) is 6.16. The van der Waals surface area contributed by atoms with Gasteiger partial charge in [-0.2, -0.15) is 0 Å². The number of likely N-dealkylation sites (N-methyl/N-ethyl adjacent to an activating group) is 1. The number of thiophene rings is 1. The normalized spacial score (nSPS) is 11.8. The molecular weight excluding hydrogens is 382 g/mol. The predicted octanol–water partition coefficient (Wildman–Crippen LogP) is 1.15. The van der Waals surface area contributed by atoms with E-state index in [0.717, 1.165) is 27.8 Å². The first kappa shape index (κ1) is 21.6. The molecule has 1 unspecified atom stereocenters. The zero-order valence-electron chi connectivity index (χ0n) is 16.7. The Morgan fingerprint density at radius 3 is 2.54 bits per heavy atom. The number of anilines is 1. The van der Waals surface area contributed by atoms with Gasteiger partial charge in [-0.15, -0.1) is 11.3 Å². The Kier molecular flexibility index (Phi) is 7.36. The number of quaternary nitrogens is 1. The van der Waals surface area contributed by atoms with E-state index in [1.165, 1.54) is 7.05 Å². The summed E-state index contributed by atoms with van der Waals surface area (Å²) < 4.78 is 10.6. The second-order valence-electron chi connectivity index (χ2n) is 6.43. The van der Waals surface area contributed by atoms with Gasteiger partial charge in [-0.3, -0.25) is 9.59 Å². The monoisotopic (exact) mass is 408 g/mol. The summed E-state index contributed by atoms with van der Waals surface area (Å²) in [5.41, 5.74) is 0.711. The lowest BCUT2D eigenvalue weighted by Crippen LogP contribution is -3.08. The number of nitrogens with one attached hydrogen (secondary N) is 3. The van der Waals surface area contributed by atoms with Gasteiger partial charge in [-0.05, 0) is 38.5 Å². The summed E-state index contributed by atoms with van der Waals surface area (Å²) in [4.78, 5) is 38.2. The predicted molar refractivity (Wildman–Crippen MR) is 106 cm³/mol. The minimum Gasteiger partial charge on any atom is -0.462 e. The van der Waals surface area contributed by atoms with E-state index in [2.05, 4.69) is 10.6 Å². The fourth-order valence-corrected chi connectivity index (χ4v) is 3.92. The van der Waals surface area contributed by atoms with Gasteiger partial charge in [0.1, 0.15) is 17.3 Å². The first-order valence-electron chi connectivity index (χ1n) is 8.95. The number of carbonyl (C=O) groups is 3. The lowest BCUT2D eigenvalue weighted by molar-refractivity contribution is -0.886. The largest absolute Gasteiger partial charge is 0.462 e. The lowest BCUT2D eigenvalue weighted by atomic mass is 10.1. The summed E-state index contributed by atoms with van der Waals surface area (Å²) in [6, 6.07) is 3.76. The molecule has 0 aromatic carbocycles. The summed E-state index contributed by atoms with van der Waals surface area (Å²) in [7, 11) is 3.39. The van der Waals surface area contributed by atoms with Crippen LogP contribution in [-0.4, -0.2) is 45.0 Å². The zero-order valence-corrected chi connectivity index (χ0v) is 17.5. The SMILES string of the molecule is CCOC(=O)c1c(NC(=O)C[NH+](C)Cc2ccc(C)o2)sc(C(=O)NC)c1C. The Labute approximate surface area is 167 Å². The molecule has 0 saturated heterocycles. The van der Waals surface area contributed by atoms with Gasteiger partial charge in [0.15, 0.2) is 12.3 Å². The average molecular weight is 409 g/mol. The van der Waals surface area contributed by atoms with Crippen LogP contribution >= 0.6 is 11.3 Å². The number of hydrogen-bond acceptors (Lipinski definition) is 6. The second-order valence-corrected chi connectivity index (χ2v) is 7.45. The van der Waals surface area contributed by atoms with E-state index in [4.69, 9.17) is 9.15 Å². The Bertz CT molecular complexity index is 871. The van der Waals surface area contributed by atoms with Gasteiger partial charge in [0.05, 0.1) is 24.1 Å². The first-order chi connectivity index (χ1) is 13.3. The molecule has 0 radical (unpaired) electrons. The van der Waals surface area contributed by atoms with Crippen LogP contribution in [0.25, 0.3) is 0 Å². The molecule has 8 nitrogen and oxygen atoms in total. The van der Waals surface area contributed by atoms with Crippen molar-refractivity contribution in [2.45, 2.75) is 27.3 Å². The molecule has 0 saturated carbocycles. The molecule has 0 aliphatic rings. The maximum absolute atomic E-state index is 12.5. The molecule has 2 rings (SSSR count). The maximum Gasteiger partial charge on any atom is 0.341 e. The van der Waals surface area contributed by atoms with Gasteiger partial charge in [0.2, 0.25) is 0 Å². The third kappa shape index (κ3) is 5.20. The maximum atomic E-state index is 12.5. The summed E-state index contributed by atoms with van der Waals surface area (Å²) >= 11 is 1.06. The molecule has 2 heterocycles. The van der Waals surface area contributed by atoms with Crippen LogP contribution in [0, 0.1) is 13.8 Å². The molecular formula is C19H26N3O5S+. The van der Waals surface area contributed by atoms with Gasteiger partial charge in [-0.25, -0.2) is 4.79 Å². The highest BCUT2D eigenvalue weighted by molar-refractivity contribution is 7.18. The standard InChI is InChI=1S/C19H25N3O5S/c1-6-26-19(25)15-12(3)16(17(24)20-4)28-18(15)21-14(23)10-22(5)9-13-8-7-11(2)27-13/h7-8H,6,9-10H2,1-5H3,(H,20,24)(H,21,23)/p+1. The number of esters is 1. The van der Waals surface area contributed by atoms with Crippen molar-refractivity contribution >= 4 is 34.1 Å². The van der Waals surface area contributed by atoms with Crippen molar-refractivity contribution in [3.8, 4) is 0 Å². The Morgan fingerprint density at radius 1 is 1.25 bits per heavy atom. The number of carbonyl (C=O) groups excluding carboxylic acids is 3. The summed E-state index contributed by atoms with van der Waals surface area (Å²) in [6.07, 6.45) is 0. The third-order valence-corrected chi connectivity index (χ3v) is 5.25. The highest BCUT2D eigenvalue weighted by atomic mass is 32.1. The van der Waals surface area contributed by atoms with Crippen LogP contribution < -0.4 is 15.5 Å². The molecule has 28 heavy (non-hydrogen) atoms. The van der Waals surface area contributed by atoms with E-state index in [1.807, 2.05) is 26.1 Å². The van der Waals surface area contributed by atoms with Crippen molar-refractivity contribution in [3.05, 3.63) is 39.7 Å². The Balaban J connectivity index is 2.15. The highest BCUT2D eigenvalue weighted by Crippen LogP contribution is 2.33. The third-order valence-electron chi connectivity index (χ3n) is 4.05. The van der Waals surface area contributed by atoms with Crippen LogP contribution in [-0.2, 0) is 16.1 Å². The summed E-state index contributed by atoms with van der Waals surface area (Å²) in [5.74, 6) is 0.472. The molecule has 152 valence electrons. The molecule has 0 spiro atoms. The average Bonchev–Trinajstić information content (AvgIpc) is 3.17. The van der Waals surface area contributed by atoms with Crippen LogP contribution in [0.15, 0.2) is 16.5 Å². The van der Waals surface area contributed by atoms with Crippen molar-refractivity contribution in [2.75, 3.05) is 32.6 Å². The highest BCUT2D eigenvalue weighted by Gasteiger charge is 2.26. The molecule has 9 heteroatoms. The number of rotatable bonds is 8. The first-order valence-corrected chi connectivity index (χ1v) is 9.77.